The molecule has 0 aliphatic heterocycles. The number of hydrogen-bond acceptors (Lipinski definition) is 3. The Morgan fingerprint density at radius 2 is 1.82 bits per heavy atom. The van der Waals surface area contributed by atoms with Gasteiger partial charge in [0, 0.05) is 11.1 Å². The van der Waals surface area contributed by atoms with Crippen molar-refractivity contribution in [3.8, 4) is 11.8 Å². The molecule has 2 aromatic carbocycles. The second-order valence-corrected chi connectivity index (χ2v) is 6.78. The molecule has 0 spiro atoms. The average molecular weight is 382 g/mol. The molecule has 5 heteroatoms. The summed E-state index contributed by atoms with van der Waals surface area (Å²) in [7, 11) is 1.25. The van der Waals surface area contributed by atoms with Gasteiger partial charge in [0.15, 0.2) is 0 Å². The summed E-state index contributed by atoms with van der Waals surface area (Å²) < 4.78 is 18.7. The smallest absolute Gasteiger partial charge is 0.313 e. The summed E-state index contributed by atoms with van der Waals surface area (Å²) in [6.45, 7) is 3.66. The zero-order valence-corrected chi connectivity index (χ0v) is 16.2. The minimum Gasteiger partial charge on any atom is -0.481 e. The molecule has 0 bridgehead atoms. The van der Waals surface area contributed by atoms with Gasteiger partial charge in [0.1, 0.15) is 5.82 Å². The molecular formula is C23H23FO4. The van der Waals surface area contributed by atoms with Crippen LogP contribution in [-0.2, 0) is 26.2 Å². The van der Waals surface area contributed by atoms with Gasteiger partial charge in [-0.15, -0.1) is 0 Å². The lowest BCUT2D eigenvalue weighted by Gasteiger charge is -2.25. The number of esters is 1. The second-order valence-electron chi connectivity index (χ2n) is 6.78. The van der Waals surface area contributed by atoms with Crippen molar-refractivity contribution in [1.82, 2.24) is 0 Å². The van der Waals surface area contributed by atoms with E-state index in [0.717, 1.165) is 6.42 Å². The molecule has 0 aliphatic rings. The first-order valence-corrected chi connectivity index (χ1v) is 9.01. The third kappa shape index (κ3) is 4.98. The predicted molar refractivity (Wildman–Crippen MR) is 104 cm³/mol. The summed E-state index contributed by atoms with van der Waals surface area (Å²) in [5.74, 6) is 3.93. The zero-order chi connectivity index (χ0) is 20.7. The molecule has 0 saturated heterocycles. The summed E-state index contributed by atoms with van der Waals surface area (Å²) in [6.07, 6.45) is 1.13. The molecule has 28 heavy (non-hydrogen) atoms. The third-order valence-corrected chi connectivity index (χ3v) is 4.69. The van der Waals surface area contributed by atoms with Crippen molar-refractivity contribution in [2.75, 3.05) is 7.11 Å². The standard InChI is InChI=1S/C23H23FO4/c1-4-12-23(2,22(26)27)19-7-5-6-16(13-19)8-9-17-10-11-18(20(24)14-17)15-21(25)28-3/h5-7,10-11,13-14H,4,12,15H2,1-3H3,(H,26,27). The largest absolute Gasteiger partial charge is 0.481 e. The Morgan fingerprint density at radius 1 is 1.14 bits per heavy atom. The number of halogens is 1. The number of aliphatic carboxylic acids is 1. The van der Waals surface area contributed by atoms with E-state index >= 15 is 0 Å². The molecule has 146 valence electrons. The molecule has 4 nitrogen and oxygen atoms in total. The van der Waals surface area contributed by atoms with Crippen LogP contribution in [-0.4, -0.2) is 24.2 Å². The quantitative estimate of drug-likeness (QED) is 0.604. The Morgan fingerprint density at radius 3 is 2.39 bits per heavy atom. The predicted octanol–water partition coefficient (Wildman–Crippen LogP) is 4.08. The summed E-state index contributed by atoms with van der Waals surface area (Å²) in [4.78, 5) is 23.0. The van der Waals surface area contributed by atoms with E-state index in [2.05, 4.69) is 16.6 Å². The van der Waals surface area contributed by atoms with Crippen LogP contribution in [0.3, 0.4) is 0 Å². The fraction of sp³-hybridized carbons (Fsp3) is 0.304. The van der Waals surface area contributed by atoms with E-state index in [4.69, 9.17) is 0 Å². The molecule has 0 aromatic heterocycles. The van der Waals surface area contributed by atoms with E-state index in [0.29, 0.717) is 23.1 Å². The molecule has 0 fully saturated rings. The van der Waals surface area contributed by atoms with Crippen molar-refractivity contribution in [2.24, 2.45) is 0 Å². The SMILES string of the molecule is CCCC(C)(C(=O)O)c1cccc(C#Cc2ccc(CC(=O)OC)c(F)c2)c1. The van der Waals surface area contributed by atoms with E-state index in [9.17, 15) is 19.1 Å². The van der Waals surface area contributed by atoms with Crippen molar-refractivity contribution >= 4 is 11.9 Å². The minimum absolute atomic E-state index is 0.136. The maximum atomic E-state index is 14.1. The lowest BCUT2D eigenvalue weighted by atomic mass is 9.78. The number of benzene rings is 2. The molecule has 2 rings (SSSR count). The van der Waals surface area contributed by atoms with Crippen LogP contribution in [0, 0.1) is 17.7 Å². The number of ether oxygens (including phenoxy) is 1. The van der Waals surface area contributed by atoms with Crippen molar-refractivity contribution < 1.29 is 23.8 Å². The van der Waals surface area contributed by atoms with Crippen molar-refractivity contribution in [1.29, 1.82) is 0 Å². The highest BCUT2D eigenvalue weighted by Gasteiger charge is 2.34. The molecule has 0 radical (unpaired) electrons. The Balaban J connectivity index is 2.28. The molecule has 1 N–H and O–H groups in total. The molecular weight excluding hydrogens is 359 g/mol. The molecule has 0 saturated carbocycles. The highest BCUT2D eigenvalue weighted by atomic mass is 19.1. The van der Waals surface area contributed by atoms with Crippen LogP contribution in [0.25, 0.3) is 0 Å². The molecule has 1 atom stereocenters. The number of carbonyl (C=O) groups is 2. The first-order chi connectivity index (χ1) is 13.3. The summed E-state index contributed by atoms with van der Waals surface area (Å²) in [5, 5.41) is 9.64. The highest BCUT2D eigenvalue weighted by molar-refractivity contribution is 5.81. The van der Waals surface area contributed by atoms with E-state index in [-0.39, 0.29) is 12.0 Å². The monoisotopic (exact) mass is 382 g/mol. The minimum atomic E-state index is -0.978. The van der Waals surface area contributed by atoms with Crippen molar-refractivity contribution in [3.05, 3.63) is 70.5 Å². The molecule has 1 unspecified atom stereocenters. The van der Waals surface area contributed by atoms with Crippen LogP contribution in [0.5, 0.6) is 0 Å². The summed E-state index contributed by atoms with van der Waals surface area (Å²) in [5.41, 5.74) is 1.07. The van der Waals surface area contributed by atoms with Crippen LogP contribution in [0.4, 0.5) is 4.39 Å². The van der Waals surface area contributed by atoms with Crippen molar-refractivity contribution in [2.45, 2.75) is 38.5 Å². The Labute approximate surface area is 164 Å². The number of methoxy groups -OCH3 is 1. The topological polar surface area (TPSA) is 63.6 Å². The first-order valence-electron chi connectivity index (χ1n) is 9.01. The van der Waals surface area contributed by atoms with Crippen LogP contribution in [0.1, 0.15) is 48.9 Å². The lowest BCUT2D eigenvalue weighted by molar-refractivity contribution is -0.143. The van der Waals surface area contributed by atoms with Gasteiger partial charge in [-0.25, -0.2) is 4.39 Å². The van der Waals surface area contributed by atoms with Gasteiger partial charge in [-0.3, -0.25) is 9.59 Å². The first kappa shape index (κ1) is 21.2. The van der Waals surface area contributed by atoms with Gasteiger partial charge in [0.2, 0.25) is 0 Å². The van der Waals surface area contributed by atoms with Gasteiger partial charge in [-0.2, -0.15) is 0 Å². The summed E-state index contributed by atoms with van der Waals surface area (Å²) >= 11 is 0. The highest BCUT2D eigenvalue weighted by Crippen LogP contribution is 2.30. The number of rotatable bonds is 6. The summed E-state index contributed by atoms with van der Waals surface area (Å²) in [6, 6.07) is 11.5. The fourth-order valence-electron chi connectivity index (χ4n) is 2.96. The molecule has 0 amide bonds. The van der Waals surface area contributed by atoms with Gasteiger partial charge in [0.25, 0.3) is 0 Å². The second kappa shape index (κ2) is 9.18. The van der Waals surface area contributed by atoms with Crippen LogP contribution in [0.2, 0.25) is 0 Å². The number of carboxylic acid groups (broad SMARTS) is 1. The number of carboxylic acids is 1. The lowest BCUT2D eigenvalue weighted by Crippen LogP contribution is -2.32. The zero-order valence-electron chi connectivity index (χ0n) is 16.2. The van der Waals surface area contributed by atoms with Crippen molar-refractivity contribution in [3.63, 3.8) is 0 Å². The van der Waals surface area contributed by atoms with E-state index in [1.807, 2.05) is 6.92 Å². The number of hydrogen-bond donors (Lipinski definition) is 1. The maximum absolute atomic E-state index is 14.1. The van der Waals surface area contributed by atoms with E-state index in [1.54, 1.807) is 37.3 Å². The number of carbonyl (C=O) groups excluding carboxylic acids is 1. The van der Waals surface area contributed by atoms with Gasteiger partial charge in [0.05, 0.1) is 18.9 Å². The Bertz CT molecular complexity index is 939. The average Bonchev–Trinajstić information content (AvgIpc) is 2.68. The van der Waals surface area contributed by atoms with Gasteiger partial charge >= 0.3 is 11.9 Å². The van der Waals surface area contributed by atoms with Crippen LogP contribution >= 0.6 is 0 Å². The normalized spacial score (nSPS) is 12.4. The van der Waals surface area contributed by atoms with Crippen LogP contribution < -0.4 is 0 Å². The van der Waals surface area contributed by atoms with Crippen LogP contribution in [0.15, 0.2) is 42.5 Å². The Hall–Kier alpha value is -3.13. The molecule has 0 aliphatic carbocycles. The van der Waals surface area contributed by atoms with E-state index in [1.165, 1.54) is 19.2 Å². The van der Waals surface area contributed by atoms with Gasteiger partial charge < -0.3 is 9.84 Å². The van der Waals surface area contributed by atoms with Gasteiger partial charge in [-0.1, -0.05) is 43.4 Å². The van der Waals surface area contributed by atoms with Gasteiger partial charge in [-0.05, 0) is 48.7 Å². The molecule has 2 aromatic rings. The molecule has 0 heterocycles. The maximum Gasteiger partial charge on any atom is 0.313 e. The third-order valence-electron chi connectivity index (χ3n) is 4.69. The van der Waals surface area contributed by atoms with E-state index < -0.39 is 23.2 Å². The Kier molecular flexibility index (Phi) is 6.94. The fourth-order valence-corrected chi connectivity index (χ4v) is 2.96.